The molecule has 1 saturated heterocycles. The third kappa shape index (κ3) is 3.27. The van der Waals surface area contributed by atoms with E-state index in [9.17, 15) is 0 Å². The topological polar surface area (TPSA) is 35.2 Å². The lowest BCUT2D eigenvalue weighted by Gasteiger charge is -2.28. The average Bonchev–Trinajstić information content (AvgIpc) is 2.62. The molecule has 1 aliphatic carbocycles. The van der Waals surface area contributed by atoms with Gasteiger partial charge >= 0.3 is 0 Å². The van der Waals surface area contributed by atoms with Crippen LogP contribution in [0.3, 0.4) is 0 Å². The summed E-state index contributed by atoms with van der Waals surface area (Å²) in [6.45, 7) is 6.69. The van der Waals surface area contributed by atoms with E-state index in [4.69, 9.17) is 10.5 Å². The third-order valence-electron chi connectivity index (χ3n) is 5.45. The highest BCUT2D eigenvalue weighted by molar-refractivity contribution is 4.90. The highest BCUT2D eigenvalue weighted by Gasteiger charge is 2.40. The molecule has 2 fully saturated rings. The predicted octanol–water partition coefficient (Wildman–Crippen LogP) is 3.73. The fourth-order valence-electron chi connectivity index (χ4n) is 4.13. The monoisotopic (exact) mass is 253 g/mol. The van der Waals surface area contributed by atoms with Crippen molar-refractivity contribution in [2.45, 2.75) is 84.0 Å². The number of nitrogens with two attached hydrogens (primary N) is 1. The van der Waals surface area contributed by atoms with Crippen LogP contribution >= 0.6 is 0 Å². The first-order chi connectivity index (χ1) is 8.59. The van der Waals surface area contributed by atoms with E-state index in [2.05, 4.69) is 20.8 Å². The molecule has 0 spiro atoms. The Balaban J connectivity index is 1.78. The second kappa shape index (κ2) is 6.38. The van der Waals surface area contributed by atoms with Gasteiger partial charge in [0.15, 0.2) is 0 Å². The molecule has 5 unspecified atom stereocenters. The zero-order chi connectivity index (χ0) is 13.1. The van der Waals surface area contributed by atoms with Crippen molar-refractivity contribution in [1.82, 2.24) is 0 Å². The molecule has 2 N–H and O–H groups in total. The Labute approximate surface area is 113 Å². The van der Waals surface area contributed by atoms with Crippen molar-refractivity contribution in [3.05, 3.63) is 0 Å². The molecule has 2 aliphatic rings. The van der Waals surface area contributed by atoms with Crippen LogP contribution in [0.25, 0.3) is 0 Å². The van der Waals surface area contributed by atoms with Crippen molar-refractivity contribution in [1.29, 1.82) is 0 Å². The first kappa shape index (κ1) is 14.3. The zero-order valence-electron chi connectivity index (χ0n) is 12.4. The van der Waals surface area contributed by atoms with Gasteiger partial charge in [0.2, 0.25) is 0 Å². The summed E-state index contributed by atoms with van der Waals surface area (Å²) in [6, 6.07) is 0.335. The first-order valence-corrected chi connectivity index (χ1v) is 8.00. The molecule has 2 heteroatoms. The lowest BCUT2D eigenvalue weighted by Crippen LogP contribution is -2.38. The number of hydrogen-bond acceptors (Lipinski definition) is 2. The van der Waals surface area contributed by atoms with Crippen LogP contribution in [0.15, 0.2) is 0 Å². The largest absolute Gasteiger partial charge is 0.375 e. The van der Waals surface area contributed by atoms with Crippen molar-refractivity contribution in [2.75, 3.05) is 0 Å². The smallest absolute Gasteiger partial charge is 0.0597 e. The van der Waals surface area contributed by atoms with Crippen molar-refractivity contribution in [2.24, 2.45) is 23.5 Å². The maximum atomic E-state index is 6.46. The van der Waals surface area contributed by atoms with Crippen LogP contribution in [0.2, 0.25) is 0 Å². The molecule has 0 aromatic carbocycles. The van der Waals surface area contributed by atoms with E-state index in [1.54, 1.807) is 0 Å². The summed E-state index contributed by atoms with van der Waals surface area (Å²) in [4.78, 5) is 0. The summed E-state index contributed by atoms with van der Waals surface area (Å²) in [7, 11) is 0. The normalized spacial score (nSPS) is 40.0. The van der Waals surface area contributed by atoms with Gasteiger partial charge in [-0.15, -0.1) is 0 Å². The molecule has 0 bridgehead atoms. The van der Waals surface area contributed by atoms with E-state index >= 15 is 0 Å². The molecule has 0 aromatic heterocycles. The van der Waals surface area contributed by atoms with Crippen LogP contribution in [0.4, 0.5) is 0 Å². The van der Waals surface area contributed by atoms with Gasteiger partial charge in [0.05, 0.1) is 12.2 Å². The lowest BCUT2D eigenvalue weighted by molar-refractivity contribution is 0.0484. The Kier molecular flexibility index (Phi) is 5.08. The van der Waals surface area contributed by atoms with E-state index in [0.29, 0.717) is 30.1 Å². The van der Waals surface area contributed by atoms with Crippen LogP contribution < -0.4 is 5.73 Å². The Morgan fingerprint density at radius 3 is 2.28 bits per heavy atom. The Hall–Kier alpha value is -0.0800. The van der Waals surface area contributed by atoms with Gasteiger partial charge in [-0.25, -0.2) is 0 Å². The summed E-state index contributed by atoms with van der Waals surface area (Å²) in [6.07, 6.45) is 10.5. The van der Waals surface area contributed by atoms with E-state index in [0.717, 1.165) is 5.92 Å². The standard InChI is InChI=1S/C16H31NO/c1-11-12(2)18-13(3)16(11)15(17)10-9-14-7-5-4-6-8-14/h11-16H,4-10,17H2,1-3H3. The SMILES string of the molecule is CC1OC(C)C(C(N)CCC2CCCCC2)C1C. The van der Waals surface area contributed by atoms with Gasteiger partial charge in [-0.3, -0.25) is 0 Å². The molecular weight excluding hydrogens is 222 g/mol. The molecule has 2 rings (SSSR count). The van der Waals surface area contributed by atoms with Crippen LogP contribution in [0.1, 0.15) is 65.7 Å². The van der Waals surface area contributed by atoms with Crippen molar-refractivity contribution < 1.29 is 4.74 Å². The molecule has 106 valence electrons. The summed E-state index contributed by atoms with van der Waals surface area (Å²) in [5, 5.41) is 0. The zero-order valence-corrected chi connectivity index (χ0v) is 12.4. The van der Waals surface area contributed by atoms with Crippen LogP contribution in [0, 0.1) is 17.8 Å². The van der Waals surface area contributed by atoms with Gasteiger partial charge in [-0.2, -0.15) is 0 Å². The minimum Gasteiger partial charge on any atom is -0.375 e. The fraction of sp³-hybridized carbons (Fsp3) is 1.00. The molecule has 5 atom stereocenters. The Morgan fingerprint density at radius 1 is 1.06 bits per heavy atom. The van der Waals surface area contributed by atoms with E-state index in [1.807, 2.05) is 0 Å². The molecule has 0 amide bonds. The number of ether oxygens (including phenoxy) is 1. The molecule has 18 heavy (non-hydrogen) atoms. The van der Waals surface area contributed by atoms with Crippen molar-refractivity contribution >= 4 is 0 Å². The predicted molar refractivity (Wildman–Crippen MR) is 76.4 cm³/mol. The van der Waals surface area contributed by atoms with Gasteiger partial charge in [0.1, 0.15) is 0 Å². The second-order valence-electron chi connectivity index (χ2n) is 6.73. The van der Waals surface area contributed by atoms with E-state index < -0.39 is 0 Å². The van der Waals surface area contributed by atoms with Gasteiger partial charge in [0.25, 0.3) is 0 Å². The minimum absolute atomic E-state index is 0.335. The van der Waals surface area contributed by atoms with Crippen molar-refractivity contribution in [3.8, 4) is 0 Å². The number of hydrogen-bond donors (Lipinski definition) is 1. The molecule has 0 radical (unpaired) electrons. The molecule has 1 saturated carbocycles. The van der Waals surface area contributed by atoms with E-state index in [1.165, 1.54) is 44.9 Å². The molecule has 1 aliphatic heterocycles. The molecule has 2 nitrogen and oxygen atoms in total. The quantitative estimate of drug-likeness (QED) is 0.828. The summed E-state index contributed by atoms with van der Waals surface area (Å²) < 4.78 is 5.92. The van der Waals surface area contributed by atoms with Crippen molar-refractivity contribution in [3.63, 3.8) is 0 Å². The van der Waals surface area contributed by atoms with Gasteiger partial charge < -0.3 is 10.5 Å². The Morgan fingerprint density at radius 2 is 1.72 bits per heavy atom. The van der Waals surface area contributed by atoms with E-state index in [-0.39, 0.29) is 0 Å². The molecular formula is C16H31NO. The summed E-state index contributed by atoms with van der Waals surface area (Å²) in [5.41, 5.74) is 6.46. The first-order valence-electron chi connectivity index (χ1n) is 8.00. The average molecular weight is 253 g/mol. The molecule has 1 heterocycles. The lowest BCUT2D eigenvalue weighted by atomic mass is 9.79. The fourth-order valence-corrected chi connectivity index (χ4v) is 4.13. The summed E-state index contributed by atoms with van der Waals surface area (Å²) >= 11 is 0. The molecule has 0 aromatic rings. The van der Waals surface area contributed by atoms with Crippen LogP contribution in [0.5, 0.6) is 0 Å². The summed E-state index contributed by atoms with van der Waals surface area (Å²) in [5.74, 6) is 2.13. The highest BCUT2D eigenvalue weighted by atomic mass is 16.5. The second-order valence-corrected chi connectivity index (χ2v) is 6.73. The minimum atomic E-state index is 0.335. The maximum absolute atomic E-state index is 6.46. The third-order valence-corrected chi connectivity index (χ3v) is 5.45. The van der Waals surface area contributed by atoms with Crippen LogP contribution in [-0.4, -0.2) is 18.2 Å². The van der Waals surface area contributed by atoms with Crippen LogP contribution in [-0.2, 0) is 4.74 Å². The highest BCUT2D eigenvalue weighted by Crippen LogP contribution is 2.36. The number of rotatable bonds is 4. The Bertz CT molecular complexity index is 249. The van der Waals surface area contributed by atoms with Gasteiger partial charge in [-0.1, -0.05) is 39.0 Å². The maximum Gasteiger partial charge on any atom is 0.0597 e. The van der Waals surface area contributed by atoms with Gasteiger partial charge in [0, 0.05) is 12.0 Å². The van der Waals surface area contributed by atoms with Gasteiger partial charge in [-0.05, 0) is 38.5 Å².